The molecule has 54 heavy (non-hydrogen) atoms. The largest absolute Gasteiger partial charge is 0.306 e. The highest BCUT2D eigenvalue weighted by molar-refractivity contribution is 7.26. The molecule has 252 valence electrons. The number of hydrogen-bond donors (Lipinski definition) is 0. The second kappa shape index (κ2) is 11.2. The molecular formula is C47H28N6S. The Labute approximate surface area is 312 Å². The van der Waals surface area contributed by atoms with Gasteiger partial charge < -0.3 is 4.57 Å². The molecule has 12 aromatic rings. The zero-order valence-electron chi connectivity index (χ0n) is 28.8. The Bertz CT molecular complexity index is 3460. The molecule has 0 saturated carbocycles. The second-order valence-corrected chi connectivity index (χ2v) is 14.7. The normalized spacial score (nSPS) is 12.1. The van der Waals surface area contributed by atoms with Crippen LogP contribution in [-0.4, -0.2) is 28.5 Å². The van der Waals surface area contributed by atoms with Crippen LogP contribution in [0, 0.1) is 0 Å². The lowest BCUT2D eigenvalue weighted by molar-refractivity contribution is 1.11. The molecule has 0 saturated heterocycles. The highest BCUT2D eigenvalue weighted by atomic mass is 32.1. The summed E-state index contributed by atoms with van der Waals surface area (Å²) in [5.74, 6) is 0.833. The van der Waals surface area contributed by atoms with Gasteiger partial charge in [0.15, 0.2) is 0 Å². The summed E-state index contributed by atoms with van der Waals surface area (Å²) in [6, 6.07) is 55.7. The molecule has 0 N–H and O–H groups in total. The van der Waals surface area contributed by atoms with Crippen molar-refractivity contribution >= 4 is 81.3 Å². The van der Waals surface area contributed by atoms with Gasteiger partial charge in [0.2, 0.25) is 5.78 Å². The minimum absolute atomic E-state index is 0.833. The van der Waals surface area contributed by atoms with Crippen molar-refractivity contribution in [2.45, 2.75) is 0 Å². The Kier molecular flexibility index (Phi) is 6.12. The molecule has 0 aliphatic heterocycles. The van der Waals surface area contributed by atoms with Gasteiger partial charge in [0, 0.05) is 43.9 Å². The zero-order chi connectivity index (χ0) is 35.3. The van der Waals surface area contributed by atoms with E-state index in [0.717, 1.165) is 83.5 Å². The Hall–Kier alpha value is -7.09. The molecule has 0 fully saturated rings. The number of rotatable bonds is 4. The highest BCUT2D eigenvalue weighted by Gasteiger charge is 2.25. The van der Waals surface area contributed by atoms with Gasteiger partial charge in [-0.3, -0.25) is 18.9 Å². The van der Waals surface area contributed by atoms with Crippen molar-refractivity contribution in [3.05, 3.63) is 170 Å². The summed E-state index contributed by atoms with van der Waals surface area (Å²) in [6.07, 6.45) is 3.94. The van der Waals surface area contributed by atoms with Crippen LogP contribution in [-0.2, 0) is 0 Å². The summed E-state index contributed by atoms with van der Waals surface area (Å²) in [5.41, 5.74) is 13.5. The molecule has 12 rings (SSSR count). The van der Waals surface area contributed by atoms with Gasteiger partial charge in [-0.25, -0.2) is 4.98 Å². The van der Waals surface area contributed by atoms with Crippen molar-refractivity contribution < 1.29 is 0 Å². The smallest absolute Gasteiger partial charge is 0.220 e. The predicted molar refractivity (Wildman–Crippen MR) is 223 cm³/mol. The average molecular weight is 709 g/mol. The highest BCUT2D eigenvalue weighted by Crippen LogP contribution is 2.44. The van der Waals surface area contributed by atoms with E-state index in [2.05, 4.69) is 171 Å². The Morgan fingerprint density at radius 1 is 0.463 bits per heavy atom. The first-order valence-electron chi connectivity index (χ1n) is 18.0. The third-order valence-electron chi connectivity index (χ3n) is 10.8. The predicted octanol–water partition coefficient (Wildman–Crippen LogP) is 12.0. The maximum absolute atomic E-state index is 5.57. The van der Waals surface area contributed by atoms with Gasteiger partial charge in [-0.15, -0.1) is 11.3 Å². The summed E-state index contributed by atoms with van der Waals surface area (Å²) < 4.78 is 9.36. The molecule has 6 aromatic carbocycles. The van der Waals surface area contributed by atoms with Crippen molar-refractivity contribution in [2.24, 2.45) is 0 Å². The standard InChI is InChI=1S/C47H28N6S/c1-2-14-29(15-3-1)51-37-22-10-7-20-35(37)42-45(51)44-40(28-49-42)53-39-24-12-11-23-38(39)52(47(53)50-44)36-21-9-6-17-31(36)30-16-4-5-19-33(30)43-46-34(26-27-48-43)32-18-8-13-25-41(32)54-46/h1-28H. The molecule has 0 aliphatic rings. The van der Waals surface area contributed by atoms with Crippen LogP contribution in [0.4, 0.5) is 0 Å². The molecule has 6 heterocycles. The fourth-order valence-corrected chi connectivity index (χ4v) is 9.70. The van der Waals surface area contributed by atoms with E-state index in [-0.39, 0.29) is 0 Å². The topological polar surface area (TPSA) is 52.9 Å². The van der Waals surface area contributed by atoms with E-state index in [4.69, 9.17) is 15.0 Å². The summed E-state index contributed by atoms with van der Waals surface area (Å²) in [5, 5.41) is 3.60. The van der Waals surface area contributed by atoms with Crippen LogP contribution in [0.2, 0.25) is 0 Å². The number of thiophene rings is 1. The third-order valence-corrected chi connectivity index (χ3v) is 12.0. The van der Waals surface area contributed by atoms with Gasteiger partial charge in [0.25, 0.3) is 0 Å². The lowest BCUT2D eigenvalue weighted by Crippen LogP contribution is -1.99. The molecule has 0 bridgehead atoms. The molecule has 0 unspecified atom stereocenters. The number of aromatic nitrogens is 6. The SMILES string of the molecule is c1ccc(-n2c3ccccc3c3ncc4c(nc5n(-c6ccccc6-c6ccccc6-c6nccc7c6sc6ccccc67)c6ccccc6n45)c32)cc1. The molecular weight excluding hydrogens is 681 g/mol. The van der Waals surface area contributed by atoms with Gasteiger partial charge >= 0.3 is 0 Å². The number of nitrogens with zero attached hydrogens (tertiary/aromatic N) is 6. The number of fused-ring (bicyclic) bond motifs is 12. The number of pyridine rings is 2. The number of para-hydroxylation sites is 5. The third kappa shape index (κ3) is 4.01. The molecule has 0 radical (unpaired) electrons. The lowest BCUT2D eigenvalue weighted by atomic mass is 9.95. The van der Waals surface area contributed by atoms with Crippen LogP contribution in [0.25, 0.3) is 104 Å². The first-order chi connectivity index (χ1) is 26.8. The van der Waals surface area contributed by atoms with E-state index in [0.29, 0.717) is 0 Å². The van der Waals surface area contributed by atoms with E-state index >= 15 is 0 Å². The number of hydrogen-bond acceptors (Lipinski definition) is 4. The van der Waals surface area contributed by atoms with Gasteiger partial charge in [-0.1, -0.05) is 109 Å². The fourth-order valence-electron chi connectivity index (χ4n) is 8.50. The van der Waals surface area contributed by atoms with E-state index in [1.165, 1.54) is 20.2 Å². The van der Waals surface area contributed by atoms with Crippen LogP contribution in [0.1, 0.15) is 0 Å². The van der Waals surface area contributed by atoms with E-state index in [9.17, 15) is 0 Å². The Balaban J connectivity index is 1.16. The summed E-state index contributed by atoms with van der Waals surface area (Å²) in [4.78, 5) is 15.8. The monoisotopic (exact) mass is 708 g/mol. The quantitative estimate of drug-likeness (QED) is 0.183. The molecule has 7 heteroatoms. The van der Waals surface area contributed by atoms with Crippen LogP contribution >= 0.6 is 11.3 Å². The Morgan fingerprint density at radius 2 is 1.15 bits per heavy atom. The van der Waals surface area contributed by atoms with Gasteiger partial charge in [0.05, 0.1) is 49.9 Å². The van der Waals surface area contributed by atoms with Crippen molar-refractivity contribution in [2.75, 3.05) is 0 Å². The zero-order valence-corrected chi connectivity index (χ0v) is 29.6. The molecule has 6 aromatic heterocycles. The number of imidazole rings is 2. The van der Waals surface area contributed by atoms with Crippen LogP contribution in [0.3, 0.4) is 0 Å². The van der Waals surface area contributed by atoms with Crippen LogP contribution in [0.5, 0.6) is 0 Å². The molecule has 0 amide bonds. The van der Waals surface area contributed by atoms with Crippen molar-refractivity contribution in [3.8, 4) is 33.8 Å². The molecule has 0 spiro atoms. The lowest BCUT2D eigenvalue weighted by Gasteiger charge is -2.16. The molecule has 6 nitrogen and oxygen atoms in total. The van der Waals surface area contributed by atoms with Crippen molar-refractivity contribution in [1.82, 2.24) is 28.5 Å². The van der Waals surface area contributed by atoms with Gasteiger partial charge in [0.1, 0.15) is 11.0 Å². The van der Waals surface area contributed by atoms with Crippen LogP contribution < -0.4 is 0 Å². The molecule has 0 atom stereocenters. The number of benzene rings is 6. The van der Waals surface area contributed by atoms with E-state index < -0.39 is 0 Å². The van der Waals surface area contributed by atoms with E-state index in [1.54, 1.807) is 0 Å². The van der Waals surface area contributed by atoms with Crippen molar-refractivity contribution in [1.29, 1.82) is 0 Å². The Morgan fingerprint density at radius 3 is 2.02 bits per heavy atom. The maximum Gasteiger partial charge on any atom is 0.220 e. The van der Waals surface area contributed by atoms with E-state index in [1.807, 2.05) is 23.7 Å². The second-order valence-electron chi connectivity index (χ2n) is 13.6. The maximum atomic E-state index is 5.57. The van der Waals surface area contributed by atoms with Crippen molar-refractivity contribution in [3.63, 3.8) is 0 Å². The summed E-state index contributed by atoms with van der Waals surface area (Å²) in [7, 11) is 0. The first kappa shape index (κ1) is 29.5. The summed E-state index contributed by atoms with van der Waals surface area (Å²) >= 11 is 1.81. The fraction of sp³-hybridized carbons (Fsp3) is 0. The van der Waals surface area contributed by atoms with Gasteiger partial charge in [-0.2, -0.15) is 0 Å². The van der Waals surface area contributed by atoms with Gasteiger partial charge in [-0.05, 0) is 54.1 Å². The van der Waals surface area contributed by atoms with Crippen LogP contribution in [0.15, 0.2) is 170 Å². The summed E-state index contributed by atoms with van der Waals surface area (Å²) in [6.45, 7) is 0. The molecule has 0 aliphatic carbocycles. The first-order valence-corrected chi connectivity index (χ1v) is 18.9. The minimum atomic E-state index is 0.833. The average Bonchev–Trinajstić information content (AvgIpc) is 3.98. The minimum Gasteiger partial charge on any atom is -0.306 e.